The van der Waals surface area contributed by atoms with Crippen molar-refractivity contribution in [1.29, 1.82) is 5.26 Å². The normalized spacial score (nSPS) is 26.1. The van der Waals surface area contributed by atoms with Crippen LogP contribution in [0, 0.1) is 58.8 Å². The molecule has 0 unspecified atom stereocenters. The van der Waals surface area contributed by atoms with Gasteiger partial charge in [0.15, 0.2) is 6.19 Å². The topological polar surface area (TPSA) is 152 Å². The van der Waals surface area contributed by atoms with E-state index in [0.717, 1.165) is 49.0 Å². The fraction of sp³-hybridized carbons (Fsp3) is 0.612. The van der Waals surface area contributed by atoms with Gasteiger partial charge in [0.2, 0.25) is 0 Å². The molecular formula is C49H66N6O6. The maximum atomic E-state index is 11.9. The number of aldehydes is 1. The molecule has 9 rings (SSSR count). The largest absolute Gasteiger partial charge is 0.444 e. The molecule has 0 spiro atoms. The molecule has 6 aliphatic rings. The molecule has 6 atom stereocenters. The Morgan fingerprint density at radius 2 is 1.30 bits per heavy atom. The SMILES string of the molecule is CC(C)(C)OC(=O)N1C[C@@H](C=O)[C@H](C2CC2)C1.CC(C)(C)OC(=O)N1C[C@@H](CO)[C@H](C2CC2)C1.N#CN1C[C@@H](c2cc(-c3cccc(-c4ccccc4)c3)n[nH]2)[C@H](C2CC2)C1. The highest BCUT2D eigenvalue weighted by atomic mass is 16.6. The highest BCUT2D eigenvalue weighted by Crippen LogP contribution is 2.48. The van der Waals surface area contributed by atoms with Crippen LogP contribution in [0.1, 0.15) is 91.7 Å². The van der Waals surface area contributed by atoms with E-state index in [0.29, 0.717) is 49.2 Å². The summed E-state index contributed by atoms with van der Waals surface area (Å²) in [5.41, 5.74) is 4.78. The molecule has 3 saturated carbocycles. The molecule has 0 radical (unpaired) electrons. The van der Waals surface area contributed by atoms with Gasteiger partial charge in [-0.2, -0.15) is 10.4 Å². The van der Waals surface area contributed by atoms with Crippen LogP contribution < -0.4 is 0 Å². The van der Waals surface area contributed by atoms with E-state index in [4.69, 9.17) is 9.47 Å². The summed E-state index contributed by atoms with van der Waals surface area (Å²) in [6.45, 7) is 15.7. The van der Waals surface area contributed by atoms with Crippen molar-refractivity contribution in [2.24, 2.45) is 47.3 Å². The molecule has 12 nitrogen and oxygen atoms in total. The van der Waals surface area contributed by atoms with Crippen LogP contribution >= 0.6 is 0 Å². The van der Waals surface area contributed by atoms with E-state index < -0.39 is 11.2 Å². The second-order valence-corrected chi connectivity index (χ2v) is 20.3. The summed E-state index contributed by atoms with van der Waals surface area (Å²) >= 11 is 0. The summed E-state index contributed by atoms with van der Waals surface area (Å²) in [6, 6.07) is 21.1. The first-order chi connectivity index (χ1) is 29.1. The number of ether oxygens (including phenoxy) is 2. The van der Waals surface area contributed by atoms with Crippen LogP contribution in [0.2, 0.25) is 0 Å². The van der Waals surface area contributed by atoms with E-state index in [1.807, 2.05) is 52.5 Å². The molecule has 2 aromatic carbocycles. The van der Waals surface area contributed by atoms with Crippen LogP contribution in [-0.4, -0.2) is 106 Å². The van der Waals surface area contributed by atoms with Crippen molar-refractivity contribution in [2.75, 3.05) is 45.9 Å². The lowest BCUT2D eigenvalue weighted by atomic mass is 9.88. The lowest BCUT2D eigenvalue weighted by Crippen LogP contribution is -2.35. The minimum atomic E-state index is -0.467. The number of likely N-dealkylation sites (tertiary alicyclic amines) is 3. The summed E-state index contributed by atoms with van der Waals surface area (Å²) in [5.74, 6) is 4.21. The number of carbonyl (C=O) groups is 3. The molecule has 3 saturated heterocycles. The van der Waals surface area contributed by atoms with Crippen molar-refractivity contribution in [1.82, 2.24) is 24.9 Å². The summed E-state index contributed by atoms with van der Waals surface area (Å²) in [6.07, 6.45) is 10.4. The molecule has 61 heavy (non-hydrogen) atoms. The monoisotopic (exact) mass is 835 g/mol. The molecule has 1 aromatic heterocycles. The molecule has 2 amide bonds. The van der Waals surface area contributed by atoms with Gasteiger partial charge in [-0.05, 0) is 139 Å². The Morgan fingerprint density at radius 1 is 0.738 bits per heavy atom. The van der Waals surface area contributed by atoms with Crippen molar-refractivity contribution in [2.45, 2.75) is 97.2 Å². The van der Waals surface area contributed by atoms with Crippen LogP contribution in [0.25, 0.3) is 22.4 Å². The van der Waals surface area contributed by atoms with E-state index in [2.05, 4.69) is 71.0 Å². The number of rotatable bonds is 8. The zero-order valence-corrected chi connectivity index (χ0v) is 37.0. The molecule has 0 bridgehead atoms. The predicted molar refractivity (Wildman–Crippen MR) is 234 cm³/mol. The maximum absolute atomic E-state index is 11.9. The third-order valence-electron chi connectivity index (χ3n) is 13.1. The van der Waals surface area contributed by atoms with Gasteiger partial charge in [-0.25, -0.2) is 9.59 Å². The molecular weight excluding hydrogens is 769 g/mol. The van der Waals surface area contributed by atoms with Gasteiger partial charge in [-0.15, -0.1) is 0 Å². The zero-order chi connectivity index (χ0) is 43.5. The maximum Gasteiger partial charge on any atom is 0.410 e. The number of aliphatic hydroxyl groups is 1. The summed E-state index contributed by atoms with van der Waals surface area (Å²) in [7, 11) is 0. The Balaban J connectivity index is 0.000000145. The summed E-state index contributed by atoms with van der Waals surface area (Å²) in [4.78, 5) is 40.2. The smallest absolute Gasteiger partial charge is 0.410 e. The Bertz CT molecular complexity index is 2000. The number of benzene rings is 2. The van der Waals surface area contributed by atoms with Gasteiger partial charge >= 0.3 is 12.2 Å². The standard InChI is InChI=1S/C23H22N4.C13H23NO3.C13H21NO3/c24-15-27-13-20(17-9-10-17)21(14-27)23-12-22(25-26-23)19-8-4-7-18(11-19)16-5-2-1-3-6-16;2*1-13(2,3)17-12(16)14-6-10(8-15)11(7-14)9-4-5-9/h1-8,11-12,17,20-21H,9-10,13-14H2,(H,25,26);9-11,15H,4-8H2,1-3H3;8-11H,4-7H2,1-3H3/t20-,21+;2*10-,11-/m000/s1. The lowest BCUT2D eigenvalue weighted by Gasteiger charge is -2.24. The fourth-order valence-corrected chi connectivity index (χ4v) is 9.53. The zero-order valence-electron chi connectivity index (χ0n) is 37.0. The van der Waals surface area contributed by atoms with Crippen molar-refractivity contribution in [3.8, 4) is 28.6 Å². The fourth-order valence-electron chi connectivity index (χ4n) is 9.53. The van der Waals surface area contributed by atoms with Crippen molar-refractivity contribution in [3.05, 3.63) is 66.4 Å². The lowest BCUT2D eigenvalue weighted by molar-refractivity contribution is -0.111. The van der Waals surface area contributed by atoms with Crippen LogP contribution in [0.3, 0.4) is 0 Å². The second kappa shape index (κ2) is 18.6. The van der Waals surface area contributed by atoms with Gasteiger partial charge < -0.3 is 34.1 Å². The van der Waals surface area contributed by atoms with Crippen molar-refractivity contribution >= 4 is 18.5 Å². The first kappa shape index (κ1) is 44.2. The molecule has 3 aromatic rings. The summed E-state index contributed by atoms with van der Waals surface area (Å²) < 4.78 is 10.7. The number of hydrogen-bond donors (Lipinski definition) is 2. The van der Waals surface area contributed by atoms with Gasteiger partial charge in [0.05, 0.1) is 5.69 Å². The number of aliphatic hydroxyl groups excluding tert-OH is 1. The van der Waals surface area contributed by atoms with Crippen molar-refractivity contribution < 1.29 is 29.0 Å². The van der Waals surface area contributed by atoms with Crippen LogP contribution in [-0.2, 0) is 14.3 Å². The van der Waals surface area contributed by atoms with E-state index >= 15 is 0 Å². The van der Waals surface area contributed by atoms with Gasteiger partial charge in [-0.3, -0.25) is 5.10 Å². The highest BCUT2D eigenvalue weighted by molar-refractivity contribution is 5.72. The van der Waals surface area contributed by atoms with Crippen molar-refractivity contribution in [3.63, 3.8) is 0 Å². The Morgan fingerprint density at radius 3 is 1.87 bits per heavy atom. The first-order valence-corrected chi connectivity index (χ1v) is 22.5. The quantitative estimate of drug-likeness (QED) is 0.168. The Hall–Kier alpha value is -4.89. The van der Waals surface area contributed by atoms with E-state index in [-0.39, 0.29) is 30.6 Å². The van der Waals surface area contributed by atoms with Gasteiger partial charge in [0.1, 0.15) is 17.5 Å². The Labute approximate surface area is 362 Å². The minimum absolute atomic E-state index is 0.00928. The van der Waals surface area contributed by atoms with E-state index in [1.165, 1.54) is 55.3 Å². The van der Waals surface area contributed by atoms with Crippen LogP contribution in [0.15, 0.2) is 60.7 Å². The second-order valence-electron chi connectivity index (χ2n) is 20.3. The number of nitriles is 1. The Kier molecular flexibility index (Phi) is 13.5. The number of aromatic nitrogens is 2. The average molecular weight is 835 g/mol. The highest BCUT2D eigenvalue weighted by Gasteiger charge is 2.46. The average Bonchev–Trinajstić information content (AvgIpc) is 4.22. The number of nitrogens with one attached hydrogen (secondary N) is 1. The molecule has 328 valence electrons. The number of amides is 2. The molecule has 6 fully saturated rings. The molecule has 3 aliphatic carbocycles. The van der Waals surface area contributed by atoms with Gasteiger partial charge in [0, 0.05) is 74.9 Å². The van der Waals surface area contributed by atoms with Crippen LogP contribution in [0.5, 0.6) is 0 Å². The molecule has 3 aliphatic heterocycles. The van der Waals surface area contributed by atoms with E-state index in [9.17, 15) is 24.8 Å². The first-order valence-electron chi connectivity index (χ1n) is 22.5. The summed E-state index contributed by atoms with van der Waals surface area (Å²) in [5, 5.41) is 26.6. The number of hydrogen-bond acceptors (Lipinski definition) is 9. The van der Waals surface area contributed by atoms with Crippen LogP contribution in [0.4, 0.5) is 9.59 Å². The van der Waals surface area contributed by atoms with E-state index in [1.54, 1.807) is 9.80 Å². The number of H-pyrrole nitrogens is 1. The minimum Gasteiger partial charge on any atom is -0.444 e. The molecule has 2 N–H and O–H groups in total. The molecule has 12 heteroatoms. The van der Waals surface area contributed by atoms with Gasteiger partial charge in [-0.1, -0.05) is 48.5 Å². The number of aromatic amines is 1. The third-order valence-corrected chi connectivity index (χ3v) is 13.1. The number of carbonyl (C=O) groups excluding carboxylic acids is 3. The predicted octanol–water partition coefficient (Wildman–Crippen LogP) is 8.60. The number of nitrogens with zero attached hydrogens (tertiary/aromatic N) is 5. The molecule has 4 heterocycles. The van der Waals surface area contributed by atoms with Gasteiger partial charge in [0.25, 0.3) is 0 Å². The third kappa shape index (κ3) is 11.7.